The normalized spacial score (nSPS) is 10.2. The molecule has 0 atom stereocenters. The molecule has 0 bridgehead atoms. The molecular formula is C15H13BrClNO2. The molecule has 0 saturated heterocycles. The molecule has 2 rings (SSSR count). The van der Waals surface area contributed by atoms with E-state index in [-0.39, 0.29) is 5.91 Å². The summed E-state index contributed by atoms with van der Waals surface area (Å²) >= 11 is 9.42. The van der Waals surface area contributed by atoms with Crippen molar-refractivity contribution in [1.82, 2.24) is 0 Å². The number of ether oxygens (including phenoxy) is 1. The van der Waals surface area contributed by atoms with Gasteiger partial charge in [0, 0.05) is 10.2 Å². The Morgan fingerprint density at radius 1 is 1.30 bits per heavy atom. The Hall–Kier alpha value is -1.52. The first-order valence-corrected chi connectivity index (χ1v) is 7.10. The Kier molecular flexibility index (Phi) is 4.68. The van der Waals surface area contributed by atoms with E-state index in [9.17, 15) is 4.79 Å². The maximum Gasteiger partial charge on any atom is 0.257 e. The molecule has 3 nitrogen and oxygen atoms in total. The van der Waals surface area contributed by atoms with Crippen LogP contribution in [0.4, 0.5) is 5.69 Å². The summed E-state index contributed by atoms with van der Waals surface area (Å²) in [7, 11) is 1.61. The summed E-state index contributed by atoms with van der Waals surface area (Å²) in [4.78, 5) is 12.2. The lowest BCUT2D eigenvalue weighted by Gasteiger charge is -2.11. The third-order valence-electron chi connectivity index (χ3n) is 2.88. The minimum Gasteiger partial charge on any atom is -0.497 e. The number of amides is 1. The number of rotatable bonds is 3. The molecule has 0 heterocycles. The molecule has 2 aromatic carbocycles. The summed E-state index contributed by atoms with van der Waals surface area (Å²) in [6.45, 7) is 1.90. The number of methoxy groups -OCH3 is 1. The highest BCUT2D eigenvalue weighted by Crippen LogP contribution is 2.27. The summed E-state index contributed by atoms with van der Waals surface area (Å²) in [5, 5.41) is 3.25. The number of benzene rings is 2. The van der Waals surface area contributed by atoms with Gasteiger partial charge in [0.05, 0.1) is 17.7 Å². The van der Waals surface area contributed by atoms with Crippen molar-refractivity contribution in [3.63, 3.8) is 0 Å². The Morgan fingerprint density at radius 2 is 2.05 bits per heavy atom. The van der Waals surface area contributed by atoms with E-state index in [0.29, 0.717) is 15.1 Å². The van der Waals surface area contributed by atoms with Crippen LogP contribution in [0.2, 0.25) is 5.02 Å². The van der Waals surface area contributed by atoms with Gasteiger partial charge < -0.3 is 10.1 Å². The molecule has 5 heteroatoms. The van der Waals surface area contributed by atoms with Crippen molar-refractivity contribution in [1.29, 1.82) is 0 Å². The van der Waals surface area contributed by atoms with Crippen LogP contribution in [0.15, 0.2) is 40.9 Å². The molecule has 104 valence electrons. The van der Waals surface area contributed by atoms with Gasteiger partial charge in [-0.05, 0) is 58.7 Å². The maximum absolute atomic E-state index is 12.2. The van der Waals surface area contributed by atoms with Crippen LogP contribution in [0, 0.1) is 6.92 Å². The molecule has 2 aromatic rings. The molecule has 0 aliphatic heterocycles. The van der Waals surface area contributed by atoms with Gasteiger partial charge in [-0.25, -0.2) is 0 Å². The predicted molar refractivity (Wildman–Crippen MR) is 84.8 cm³/mol. The Morgan fingerprint density at radius 3 is 2.70 bits per heavy atom. The minimum atomic E-state index is -0.246. The second-order valence-electron chi connectivity index (χ2n) is 4.24. The van der Waals surface area contributed by atoms with Crippen molar-refractivity contribution < 1.29 is 9.53 Å². The quantitative estimate of drug-likeness (QED) is 0.869. The predicted octanol–water partition coefficient (Wildman–Crippen LogP) is 4.67. The molecule has 1 amide bonds. The van der Waals surface area contributed by atoms with E-state index in [4.69, 9.17) is 16.3 Å². The number of nitrogens with one attached hydrogen (secondary N) is 1. The number of hydrogen-bond acceptors (Lipinski definition) is 2. The van der Waals surface area contributed by atoms with E-state index in [0.717, 1.165) is 17.0 Å². The van der Waals surface area contributed by atoms with Gasteiger partial charge in [0.15, 0.2) is 0 Å². The third-order valence-corrected chi connectivity index (χ3v) is 4.17. The first kappa shape index (κ1) is 14.9. The number of carbonyl (C=O) groups is 1. The van der Waals surface area contributed by atoms with E-state index < -0.39 is 0 Å². The second-order valence-corrected chi connectivity index (χ2v) is 5.47. The largest absolute Gasteiger partial charge is 0.497 e. The first-order chi connectivity index (χ1) is 9.52. The summed E-state index contributed by atoms with van der Waals surface area (Å²) in [5.41, 5.74) is 2.08. The van der Waals surface area contributed by atoms with Crippen molar-refractivity contribution in [2.24, 2.45) is 0 Å². The fourth-order valence-electron chi connectivity index (χ4n) is 1.77. The van der Waals surface area contributed by atoms with Gasteiger partial charge in [-0.3, -0.25) is 4.79 Å². The standard InChI is InChI=1S/C15H13BrClNO2/c1-9-8-10(20-2)6-7-13(9)18-15(19)11-4-3-5-12(16)14(11)17/h3-8H,1-2H3,(H,18,19). The van der Waals surface area contributed by atoms with Gasteiger partial charge in [0.2, 0.25) is 0 Å². The lowest BCUT2D eigenvalue weighted by molar-refractivity contribution is 0.102. The highest BCUT2D eigenvalue weighted by Gasteiger charge is 2.13. The zero-order chi connectivity index (χ0) is 14.7. The smallest absolute Gasteiger partial charge is 0.257 e. The van der Waals surface area contributed by atoms with Crippen molar-refractivity contribution in [2.75, 3.05) is 12.4 Å². The number of anilines is 1. The molecule has 0 radical (unpaired) electrons. The van der Waals surface area contributed by atoms with Crippen molar-refractivity contribution >= 4 is 39.1 Å². The van der Waals surface area contributed by atoms with Gasteiger partial charge in [-0.2, -0.15) is 0 Å². The fraction of sp³-hybridized carbons (Fsp3) is 0.133. The van der Waals surface area contributed by atoms with Crippen molar-refractivity contribution in [3.8, 4) is 5.75 Å². The van der Waals surface area contributed by atoms with Crippen LogP contribution in [0.5, 0.6) is 5.75 Å². The SMILES string of the molecule is COc1ccc(NC(=O)c2cccc(Br)c2Cl)c(C)c1. The van der Waals surface area contributed by atoms with Gasteiger partial charge in [-0.1, -0.05) is 17.7 Å². The number of halogens is 2. The zero-order valence-corrected chi connectivity index (χ0v) is 13.4. The Labute approximate surface area is 131 Å². The summed E-state index contributed by atoms with van der Waals surface area (Å²) in [5.74, 6) is 0.505. The summed E-state index contributed by atoms with van der Waals surface area (Å²) in [6.07, 6.45) is 0. The van der Waals surface area contributed by atoms with E-state index in [1.807, 2.05) is 13.0 Å². The molecule has 0 aromatic heterocycles. The topological polar surface area (TPSA) is 38.3 Å². The van der Waals surface area contributed by atoms with Crippen LogP contribution in [-0.4, -0.2) is 13.0 Å². The minimum absolute atomic E-state index is 0.246. The van der Waals surface area contributed by atoms with E-state index in [1.54, 1.807) is 37.4 Å². The molecule has 0 fully saturated rings. The van der Waals surface area contributed by atoms with Gasteiger partial charge in [0.25, 0.3) is 5.91 Å². The summed E-state index contributed by atoms with van der Waals surface area (Å²) < 4.78 is 5.83. The summed E-state index contributed by atoms with van der Waals surface area (Å²) in [6, 6.07) is 10.7. The average Bonchev–Trinajstić information content (AvgIpc) is 2.44. The van der Waals surface area contributed by atoms with Gasteiger partial charge in [-0.15, -0.1) is 0 Å². The van der Waals surface area contributed by atoms with Gasteiger partial charge in [0.1, 0.15) is 5.75 Å². The van der Waals surface area contributed by atoms with Gasteiger partial charge >= 0.3 is 0 Å². The lowest BCUT2D eigenvalue weighted by Crippen LogP contribution is -2.13. The Bertz CT molecular complexity index is 658. The number of carbonyl (C=O) groups excluding carboxylic acids is 1. The first-order valence-electron chi connectivity index (χ1n) is 5.93. The average molecular weight is 355 g/mol. The molecule has 0 saturated carbocycles. The van der Waals surface area contributed by atoms with Crippen molar-refractivity contribution in [3.05, 3.63) is 57.0 Å². The van der Waals surface area contributed by atoms with E-state index in [1.165, 1.54) is 0 Å². The van der Waals surface area contributed by atoms with Crippen LogP contribution in [0.1, 0.15) is 15.9 Å². The van der Waals surface area contributed by atoms with E-state index in [2.05, 4.69) is 21.2 Å². The van der Waals surface area contributed by atoms with Crippen LogP contribution in [0.25, 0.3) is 0 Å². The molecule has 0 aliphatic carbocycles. The molecule has 1 N–H and O–H groups in total. The monoisotopic (exact) mass is 353 g/mol. The van der Waals surface area contributed by atoms with E-state index >= 15 is 0 Å². The Balaban J connectivity index is 2.26. The zero-order valence-electron chi connectivity index (χ0n) is 11.0. The molecule has 0 unspecified atom stereocenters. The third kappa shape index (κ3) is 3.14. The highest BCUT2D eigenvalue weighted by atomic mass is 79.9. The molecule has 0 spiro atoms. The van der Waals surface area contributed by atoms with Crippen LogP contribution in [-0.2, 0) is 0 Å². The number of aryl methyl sites for hydroxylation is 1. The second kappa shape index (κ2) is 6.29. The van der Waals surface area contributed by atoms with Crippen LogP contribution >= 0.6 is 27.5 Å². The molecule has 20 heavy (non-hydrogen) atoms. The highest BCUT2D eigenvalue weighted by molar-refractivity contribution is 9.10. The molecular weight excluding hydrogens is 342 g/mol. The fourth-order valence-corrected chi connectivity index (χ4v) is 2.35. The maximum atomic E-state index is 12.2. The van der Waals surface area contributed by atoms with Crippen molar-refractivity contribution in [2.45, 2.75) is 6.92 Å². The molecule has 0 aliphatic rings. The lowest BCUT2D eigenvalue weighted by atomic mass is 10.1. The number of hydrogen-bond donors (Lipinski definition) is 1. The van der Waals surface area contributed by atoms with Crippen LogP contribution in [0.3, 0.4) is 0 Å². The van der Waals surface area contributed by atoms with Crippen LogP contribution < -0.4 is 10.1 Å².